The quantitative estimate of drug-likeness (QED) is 0.697. The molecule has 2 aromatic rings. The highest BCUT2D eigenvalue weighted by Gasteiger charge is 2.56. The largest absolute Gasteiger partial charge is 0.497 e. The molecule has 0 amide bonds. The molecular formula is C21H19F3O5. The number of halogens is 3. The van der Waals surface area contributed by atoms with Gasteiger partial charge >= 0.3 is 18.1 Å². The maximum Gasteiger partial charge on any atom is 0.416 e. The minimum Gasteiger partial charge on any atom is -0.497 e. The van der Waals surface area contributed by atoms with Crippen LogP contribution in [-0.2, 0) is 31.7 Å². The second-order valence-corrected chi connectivity index (χ2v) is 6.84. The SMILES string of the molecule is COC(=O)C1(Cc2ccc(OC)cc2)CC(=O)OC1c1ccc(C(F)(F)F)cc1. The van der Waals surface area contributed by atoms with Crippen molar-refractivity contribution in [1.82, 2.24) is 0 Å². The summed E-state index contributed by atoms with van der Waals surface area (Å²) >= 11 is 0. The molecule has 8 heteroatoms. The lowest BCUT2D eigenvalue weighted by Gasteiger charge is -2.30. The summed E-state index contributed by atoms with van der Waals surface area (Å²) < 4.78 is 54.1. The number of hydrogen-bond donors (Lipinski definition) is 0. The molecule has 1 fully saturated rings. The first-order valence-corrected chi connectivity index (χ1v) is 8.77. The minimum atomic E-state index is -4.49. The van der Waals surface area contributed by atoms with Gasteiger partial charge in [-0.1, -0.05) is 24.3 Å². The van der Waals surface area contributed by atoms with Gasteiger partial charge in [-0.25, -0.2) is 0 Å². The monoisotopic (exact) mass is 408 g/mol. The third kappa shape index (κ3) is 4.06. The molecule has 0 radical (unpaired) electrons. The highest BCUT2D eigenvalue weighted by atomic mass is 19.4. The second-order valence-electron chi connectivity index (χ2n) is 6.84. The molecule has 0 bridgehead atoms. The van der Waals surface area contributed by atoms with Gasteiger partial charge in [-0.2, -0.15) is 13.2 Å². The first-order chi connectivity index (χ1) is 13.7. The third-order valence-electron chi connectivity index (χ3n) is 5.02. The van der Waals surface area contributed by atoms with Crippen LogP contribution < -0.4 is 4.74 Å². The van der Waals surface area contributed by atoms with Crippen LogP contribution in [0.15, 0.2) is 48.5 Å². The van der Waals surface area contributed by atoms with E-state index in [2.05, 4.69) is 0 Å². The van der Waals surface area contributed by atoms with Gasteiger partial charge in [0.15, 0.2) is 0 Å². The fourth-order valence-electron chi connectivity index (χ4n) is 3.59. The maximum atomic E-state index is 12.9. The van der Waals surface area contributed by atoms with Crippen molar-refractivity contribution in [3.63, 3.8) is 0 Å². The fraction of sp³-hybridized carbons (Fsp3) is 0.333. The van der Waals surface area contributed by atoms with Gasteiger partial charge in [0.1, 0.15) is 17.3 Å². The molecule has 0 aromatic heterocycles. The summed E-state index contributed by atoms with van der Waals surface area (Å²) in [4.78, 5) is 24.9. The number of esters is 2. The summed E-state index contributed by atoms with van der Waals surface area (Å²) in [5, 5.41) is 0. The first-order valence-electron chi connectivity index (χ1n) is 8.77. The van der Waals surface area contributed by atoms with Crippen molar-refractivity contribution in [2.45, 2.75) is 25.1 Å². The van der Waals surface area contributed by atoms with Crippen LogP contribution in [0.2, 0.25) is 0 Å². The van der Waals surface area contributed by atoms with E-state index in [0.29, 0.717) is 11.3 Å². The zero-order valence-electron chi connectivity index (χ0n) is 15.8. The van der Waals surface area contributed by atoms with Crippen molar-refractivity contribution in [2.75, 3.05) is 14.2 Å². The Morgan fingerprint density at radius 3 is 2.24 bits per heavy atom. The molecule has 0 saturated carbocycles. The molecule has 2 unspecified atom stereocenters. The number of carbonyl (C=O) groups is 2. The van der Waals surface area contributed by atoms with Gasteiger partial charge in [-0.05, 0) is 41.8 Å². The molecule has 5 nitrogen and oxygen atoms in total. The van der Waals surface area contributed by atoms with Gasteiger partial charge in [-0.15, -0.1) is 0 Å². The fourth-order valence-corrected chi connectivity index (χ4v) is 3.59. The van der Waals surface area contributed by atoms with E-state index < -0.39 is 35.2 Å². The van der Waals surface area contributed by atoms with Gasteiger partial charge in [0.05, 0.1) is 26.2 Å². The van der Waals surface area contributed by atoms with Gasteiger partial charge in [0.25, 0.3) is 0 Å². The number of cyclic esters (lactones) is 1. The van der Waals surface area contributed by atoms with Crippen molar-refractivity contribution in [2.24, 2.45) is 5.41 Å². The number of alkyl halides is 3. The Bertz CT molecular complexity index is 890. The standard InChI is InChI=1S/C21H19F3O5/c1-27-16-9-3-13(4-10-16)11-20(19(26)28-2)12-17(25)29-18(20)14-5-7-15(8-6-14)21(22,23)24/h3-10,18H,11-12H2,1-2H3. The van der Waals surface area contributed by atoms with Crippen LogP contribution >= 0.6 is 0 Å². The Labute approximate surface area is 165 Å². The Morgan fingerprint density at radius 2 is 1.72 bits per heavy atom. The van der Waals surface area contributed by atoms with E-state index in [-0.39, 0.29) is 12.8 Å². The zero-order valence-corrected chi connectivity index (χ0v) is 15.8. The summed E-state index contributed by atoms with van der Waals surface area (Å²) in [6, 6.07) is 11.2. The van der Waals surface area contributed by atoms with Crippen LogP contribution in [0.3, 0.4) is 0 Å². The number of carbonyl (C=O) groups excluding carboxylic acids is 2. The summed E-state index contributed by atoms with van der Waals surface area (Å²) in [7, 11) is 2.72. The molecule has 2 atom stereocenters. The van der Waals surface area contributed by atoms with Crippen LogP contribution in [0.4, 0.5) is 13.2 Å². The number of hydrogen-bond acceptors (Lipinski definition) is 5. The smallest absolute Gasteiger partial charge is 0.416 e. The lowest BCUT2D eigenvalue weighted by Crippen LogP contribution is -2.37. The number of ether oxygens (including phenoxy) is 3. The molecule has 1 heterocycles. The Hall–Kier alpha value is -3.03. The van der Waals surface area contributed by atoms with E-state index >= 15 is 0 Å². The average Bonchev–Trinajstić information content (AvgIpc) is 3.04. The van der Waals surface area contributed by atoms with E-state index in [4.69, 9.17) is 14.2 Å². The zero-order chi connectivity index (χ0) is 21.2. The third-order valence-corrected chi connectivity index (χ3v) is 5.02. The predicted octanol–water partition coefficient (Wildman–Crippen LogP) is 4.10. The van der Waals surface area contributed by atoms with E-state index in [0.717, 1.165) is 17.7 Å². The molecule has 0 N–H and O–H groups in total. The van der Waals surface area contributed by atoms with Crippen LogP contribution in [0.25, 0.3) is 0 Å². The summed E-state index contributed by atoms with van der Waals surface area (Å²) in [6.07, 6.45) is -5.68. The van der Waals surface area contributed by atoms with Crippen LogP contribution in [0.5, 0.6) is 5.75 Å². The van der Waals surface area contributed by atoms with Crippen LogP contribution in [0, 0.1) is 5.41 Å². The number of benzene rings is 2. The molecule has 154 valence electrons. The molecule has 1 saturated heterocycles. The summed E-state index contributed by atoms with van der Waals surface area (Å²) in [5.74, 6) is -0.656. The second kappa shape index (κ2) is 7.77. The predicted molar refractivity (Wildman–Crippen MR) is 96.0 cm³/mol. The normalized spacial score (nSPS) is 21.6. The lowest BCUT2D eigenvalue weighted by atomic mass is 9.73. The molecule has 2 aromatic carbocycles. The van der Waals surface area contributed by atoms with Gasteiger partial charge in [-0.3, -0.25) is 9.59 Å². The van der Waals surface area contributed by atoms with Crippen molar-refractivity contribution >= 4 is 11.9 Å². The lowest BCUT2D eigenvalue weighted by molar-refractivity contribution is -0.157. The van der Waals surface area contributed by atoms with E-state index in [9.17, 15) is 22.8 Å². The van der Waals surface area contributed by atoms with Crippen molar-refractivity contribution in [3.8, 4) is 5.75 Å². The Balaban J connectivity index is 2.00. The van der Waals surface area contributed by atoms with Crippen molar-refractivity contribution < 1.29 is 37.0 Å². The van der Waals surface area contributed by atoms with E-state index in [1.54, 1.807) is 24.3 Å². The molecule has 1 aliphatic heterocycles. The molecule has 29 heavy (non-hydrogen) atoms. The van der Waals surface area contributed by atoms with Gasteiger partial charge < -0.3 is 14.2 Å². The Morgan fingerprint density at radius 1 is 1.10 bits per heavy atom. The highest BCUT2D eigenvalue weighted by Crippen LogP contribution is 2.49. The average molecular weight is 408 g/mol. The Kier molecular flexibility index (Phi) is 5.55. The first kappa shape index (κ1) is 20.7. The molecule has 0 aliphatic carbocycles. The summed E-state index contributed by atoms with van der Waals surface area (Å²) in [5.41, 5.74) is -1.20. The number of methoxy groups -OCH3 is 2. The summed E-state index contributed by atoms with van der Waals surface area (Å²) in [6.45, 7) is 0. The molecular weight excluding hydrogens is 389 g/mol. The topological polar surface area (TPSA) is 61.8 Å². The van der Waals surface area contributed by atoms with E-state index in [1.807, 2.05) is 0 Å². The van der Waals surface area contributed by atoms with Gasteiger partial charge in [0.2, 0.25) is 0 Å². The molecule has 0 spiro atoms. The van der Waals surface area contributed by atoms with Crippen LogP contribution in [0.1, 0.15) is 29.2 Å². The molecule has 3 rings (SSSR count). The van der Waals surface area contributed by atoms with Crippen molar-refractivity contribution in [3.05, 3.63) is 65.2 Å². The minimum absolute atomic E-state index is 0.112. The van der Waals surface area contributed by atoms with Gasteiger partial charge in [0, 0.05) is 0 Å². The van der Waals surface area contributed by atoms with Crippen molar-refractivity contribution in [1.29, 1.82) is 0 Å². The highest BCUT2D eigenvalue weighted by molar-refractivity contribution is 5.88. The van der Waals surface area contributed by atoms with Crippen LogP contribution in [-0.4, -0.2) is 26.2 Å². The molecule has 1 aliphatic rings. The van der Waals surface area contributed by atoms with E-state index in [1.165, 1.54) is 26.4 Å². The number of rotatable bonds is 5. The maximum absolute atomic E-state index is 12.9.